The highest BCUT2D eigenvalue weighted by atomic mass is 16.2. The van der Waals surface area contributed by atoms with E-state index in [1.807, 2.05) is 46.8 Å². The number of hydrogen-bond acceptors (Lipinski definition) is 2. The first kappa shape index (κ1) is 15.5. The van der Waals surface area contributed by atoms with Gasteiger partial charge in [-0.3, -0.25) is 9.59 Å². The number of likely N-dealkylation sites (tertiary alicyclic amines) is 1. The van der Waals surface area contributed by atoms with E-state index in [4.69, 9.17) is 0 Å². The zero-order chi connectivity index (χ0) is 15.8. The maximum Gasteiger partial charge on any atom is 0.229 e. The number of nitrogens with one attached hydrogen (secondary N) is 1. The molecule has 0 saturated carbocycles. The topological polar surface area (TPSA) is 49.4 Å². The van der Waals surface area contributed by atoms with Crippen LogP contribution in [0.25, 0.3) is 0 Å². The summed E-state index contributed by atoms with van der Waals surface area (Å²) in [6, 6.07) is 5.96. The fourth-order valence-corrected chi connectivity index (χ4v) is 2.82. The Kier molecular flexibility index (Phi) is 4.08. The number of anilines is 1. The van der Waals surface area contributed by atoms with E-state index >= 15 is 0 Å². The number of amides is 2. The van der Waals surface area contributed by atoms with Crippen molar-refractivity contribution in [1.82, 2.24) is 4.90 Å². The second-order valence-corrected chi connectivity index (χ2v) is 6.94. The second kappa shape index (κ2) is 5.51. The highest BCUT2D eigenvalue weighted by Crippen LogP contribution is 2.27. The van der Waals surface area contributed by atoms with Crippen LogP contribution in [0.15, 0.2) is 18.2 Å². The van der Waals surface area contributed by atoms with Gasteiger partial charge in [0.15, 0.2) is 0 Å². The standard InChI is InChI=1S/C17H24N2O2/c1-11-6-12(2)8-14(7-11)18-16(21)13-9-15(20)19(10-13)17(3,4)5/h6-8,13H,9-10H2,1-5H3,(H,18,21). The van der Waals surface area contributed by atoms with E-state index in [1.54, 1.807) is 4.90 Å². The van der Waals surface area contributed by atoms with E-state index in [0.717, 1.165) is 16.8 Å². The number of nitrogens with zero attached hydrogens (tertiary/aromatic N) is 1. The number of carbonyl (C=O) groups excluding carboxylic acids is 2. The molecular weight excluding hydrogens is 264 g/mol. The zero-order valence-corrected chi connectivity index (χ0v) is 13.5. The van der Waals surface area contributed by atoms with Gasteiger partial charge >= 0.3 is 0 Å². The van der Waals surface area contributed by atoms with Gasteiger partial charge in [-0.1, -0.05) is 6.07 Å². The summed E-state index contributed by atoms with van der Waals surface area (Å²) < 4.78 is 0. The van der Waals surface area contributed by atoms with Crippen molar-refractivity contribution >= 4 is 17.5 Å². The Morgan fingerprint density at radius 1 is 1.19 bits per heavy atom. The smallest absolute Gasteiger partial charge is 0.229 e. The number of aryl methyl sites for hydroxylation is 2. The molecule has 0 aromatic heterocycles. The van der Waals surface area contributed by atoms with Gasteiger partial charge in [-0.25, -0.2) is 0 Å². The van der Waals surface area contributed by atoms with Crippen LogP contribution in [-0.4, -0.2) is 28.8 Å². The Morgan fingerprint density at radius 3 is 2.24 bits per heavy atom. The molecule has 0 aliphatic carbocycles. The zero-order valence-electron chi connectivity index (χ0n) is 13.5. The molecular formula is C17H24N2O2. The van der Waals surface area contributed by atoms with Crippen LogP contribution in [0.3, 0.4) is 0 Å². The molecule has 4 heteroatoms. The molecule has 2 amide bonds. The molecule has 1 atom stereocenters. The molecule has 1 aliphatic rings. The van der Waals surface area contributed by atoms with Crippen molar-refractivity contribution in [3.05, 3.63) is 29.3 Å². The third-order valence-electron chi connectivity index (χ3n) is 3.79. The van der Waals surface area contributed by atoms with E-state index in [1.165, 1.54) is 0 Å². The van der Waals surface area contributed by atoms with Crippen molar-refractivity contribution in [3.63, 3.8) is 0 Å². The lowest BCUT2D eigenvalue weighted by Gasteiger charge is -2.31. The molecule has 1 N–H and O–H groups in total. The highest BCUT2D eigenvalue weighted by molar-refractivity contribution is 5.97. The van der Waals surface area contributed by atoms with E-state index in [0.29, 0.717) is 13.0 Å². The van der Waals surface area contributed by atoms with Gasteiger partial charge in [-0.05, 0) is 57.9 Å². The van der Waals surface area contributed by atoms with Gasteiger partial charge in [0.1, 0.15) is 0 Å². The summed E-state index contributed by atoms with van der Waals surface area (Å²) in [4.78, 5) is 26.2. The van der Waals surface area contributed by atoms with Gasteiger partial charge in [-0.2, -0.15) is 0 Å². The summed E-state index contributed by atoms with van der Waals surface area (Å²) in [5.41, 5.74) is 2.80. The van der Waals surface area contributed by atoms with Crippen molar-refractivity contribution < 1.29 is 9.59 Å². The quantitative estimate of drug-likeness (QED) is 0.909. The number of hydrogen-bond donors (Lipinski definition) is 1. The molecule has 1 aromatic carbocycles. The molecule has 0 bridgehead atoms. The normalized spacial score (nSPS) is 19.0. The molecule has 0 radical (unpaired) electrons. The Labute approximate surface area is 126 Å². The predicted octanol–water partition coefficient (Wildman–Crippen LogP) is 2.89. The summed E-state index contributed by atoms with van der Waals surface area (Å²) >= 11 is 0. The molecule has 0 spiro atoms. The molecule has 1 saturated heterocycles. The Hall–Kier alpha value is -1.84. The van der Waals surface area contributed by atoms with Crippen molar-refractivity contribution in [3.8, 4) is 0 Å². The maximum absolute atomic E-state index is 12.4. The monoisotopic (exact) mass is 288 g/mol. The molecule has 1 aromatic rings. The molecule has 2 rings (SSSR count). The molecule has 114 valence electrons. The summed E-state index contributed by atoms with van der Waals surface area (Å²) in [6.45, 7) is 10.5. The van der Waals surface area contributed by atoms with Crippen LogP contribution < -0.4 is 5.32 Å². The number of carbonyl (C=O) groups is 2. The Balaban J connectivity index is 2.07. The predicted molar refractivity (Wildman–Crippen MR) is 84.1 cm³/mol. The molecule has 1 fully saturated rings. The third kappa shape index (κ3) is 3.63. The largest absolute Gasteiger partial charge is 0.337 e. The van der Waals surface area contributed by atoms with Gasteiger partial charge in [0.05, 0.1) is 5.92 Å². The van der Waals surface area contributed by atoms with Crippen molar-refractivity contribution in [2.75, 3.05) is 11.9 Å². The number of rotatable bonds is 2. The van der Waals surface area contributed by atoms with Crippen LogP contribution in [0.5, 0.6) is 0 Å². The van der Waals surface area contributed by atoms with Crippen molar-refractivity contribution in [2.24, 2.45) is 5.92 Å². The van der Waals surface area contributed by atoms with Gasteiger partial charge in [0.25, 0.3) is 0 Å². The summed E-state index contributed by atoms with van der Waals surface area (Å²) in [6.07, 6.45) is 0.300. The average Bonchev–Trinajstić information content (AvgIpc) is 2.69. The summed E-state index contributed by atoms with van der Waals surface area (Å²) in [5.74, 6) is -0.277. The van der Waals surface area contributed by atoms with E-state index < -0.39 is 0 Å². The van der Waals surface area contributed by atoms with E-state index in [2.05, 4.69) is 11.4 Å². The lowest BCUT2D eigenvalue weighted by molar-refractivity contribution is -0.131. The SMILES string of the molecule is Cc1cc(C)cc(NC(=O)C2CC(=O)N(C(C)(C)C)C2)c1. The Bertz CT molecular complexity index is 552. The van der Waals surface area contributed by atoms with Crippen LogP contribution in [0.4, 0.5) is 5.69 Å². The Morgan fingerprint density at radius 2 is 1.76 bits per heavy atom. The highest BCUT2D eigenvalue weighted by Gasteiger charge is 2.39. The van der Waals surface area contributed by atoms with Gasteiger partial charge in [0, 0.05) is 24.2 Å². The molecule has 21 heavy (non-hydrogen) atoms. The molecule has 1 heterocycles. The minimum absolute atomic E-state index is 0.0584. The minimum atomic E-state index is -0.266. The van der Waals surface area contributed by atoms with Gasteiger partial charge in [0.2, 0.25) is 11.8 Å². The first-order valence-electron chi connectivity index (χ1n) is 7.36. The lowest BCUT2D eigenvalue weighted by atomic mass is 10.1. The lowest BCUT2D eigenvalue weighted by Crippen LogP contribution is -2.42. The fourth-order valence-electron chi connectivity index (χ4n) is 2.82. The summed E-state index contributed by atoms with van der Waals surface area (Å²) in [5, 5.41) is 2.94. The van der Waals surface area contributed by atoms with Crippen LogP contribution >= 0.6 is 0 Å². The van der Waals surface area contributed by atoms with Crippen molar-refractivity contribution in [2.45, 2.75) is 46.6 Å². The average molecular weight is 288 g/mol. The third-order valence-corrected chi connectivity index (χ3v) is 3.79. The van der Waals surface area contributed by atoms with E-state index in [9.17, 15) is 9.59 Å². The fraction of sp³-hybridized carbons (Fsp3) is 0.529. The first-order chi connectivity index (χ1) is 9.66. The van der Waals surface area contributed by atoms with Gasteiger partial charge < -0.3 is 10.2 Å². The van der Waals surface area contributed by atoms with Gasteiger partial charge in [-0.15, -0.1) is 0 Å². The molecule has 4 nitrogen and oxygen atoms in total. The molecule has 1 unspecified atom stereocenters. The van der Waals surface area contributed by atoms with Crippen LogP contribution in [-0.2, 0) is 9.59 Å². The van der Waals surface area contributed by atoms with Crippen LogP contribution in [0, 0.1) is 19.8 Å². The second-order valence-electron chi connectivity index (χ2n) is 6.94. The maximum atomic E-state index is 12.4. The minimum Gasteiger partial charge on any atom is -0.337 e. The summed E-state index contributed by atoms with van der Waals surface area (Å²) in [7, 11) is 0. The first-order valence-corrected chi connectivity index (χ1v) is 7.36. The molecule has 1 aliphatic heterocycles. The van der Waals surface area contributed by atoms with Crippen molar-refractivity contribution in [1.29, 1.82) is 0 Å². The van der Waals surface area contributed by atoms with E-state index in [-0.39, 0.29) is 23.3 Å². The number of benzene rings is 1. The van der Waals surface area contributed by atoms with Crippen LogP contribution in [0.2, 0.25) is 0 Å². The van der Waals surface area contributed by atoms with Crippen LogP contribution in [0.1, 0.15) is 38.3 Å².